The highest BCUT2D eigenvalue weighted by molar-refractivity contribution is 5.88. The minimum atomic E-state index is -5.66. The van der Waals surface area contributed by atoms with Crippen LogP contribution in [0.15, 0.2) is 24.3 Å². The van der Waals surface area contributed by atoms with Gasteiger partial charge in [0, 0.05) is 18.2 Å². The molecule has 0 atom stereocenters. The standard InChI is InChI=1S/C10H8F5NO/c1-6(17)16-8-4-2-3-7(5-8)9(11,12)10(13,14)15/h2-5H,1H3,(H,16,17). The zero-order valence-corrected chi connectivity index (χ0v) is 8.61. The van der Waals surface area contributed by atoms with Crippen LogP contribution in [0.25, 0.3) is 0 Å². The Morgan fingerprint density at radius 2 is 1.76 bits per heavy atom. The molecular weight excluding hydrogens is 245 g/mol. The lowest BCUT2D eigenvalue weighted by molar-refractivity contribution is -0.289. The van der Waals surface area contributed by atoms with Gasteiger partial charge in [0.05, 0.1) is 0 Å². The monoisotopic (exact) mass is 253 g/mol. The summed E-state index contributed by atoms with van der Waals surface area (Å²) in [4.78, 5) is 10.7. The molecule has 1 rings (SSSR count). The first-order chi connectivity index (χ1) is 7.64. The highest BCUT2D eigenvalue weighted by Crippen LogP contribution is 2.44. The van der Waals surface area contributed by atoms with E-state index in [0.717, 1.165) is 13.0 Å². The Morgan fingerprint density at radius 3 is 2.24 bits per heavy atom. The largest absolute Gasteiger partial charge is 0.458 e. The Bertz CT molecular complexity index is 427. The summed E-state index contributed by atoms with van der Waals surface area (Å²) < 4.78 is 62.1. The third kappa shape index (κ3) is 2.92. The number of anilines is 1. The van der Waals surface area contributed by atoms with E-state index < -0.39 is 23.6 Å². The van der Waals surface area contributed by atoms with E-state index >= 15 is 0 Å². The molecule has 1 N–H and O–H groups in total. The number of rotatable bonds is 2. The van der Waals surface area contributed by atoms with Crippen molar-refractivity contribution in [2.24, 2.45) is 0 Å². The zero-order chi connectivity index (χ0) is 13.3. The molecule has 1 aromatic rings. The second-order valence-electron chi connectivity index (χ2n) is 3.33. The number of hydrogen-bond acceptors (Lipinski definition) is 1. The first kappa shape index (κ1) is 13.4. The third-order valence-corrected chi connectivity index (χ3v) is 1.90. The predicted octanol–water partition coefficient (Wildman–Crippen LogP) is 3.30. The number of hydrogen-bond donors (Lipinski definition) is 1. The molecule has 0 aromatic heterocycles. The molecule has 1 amide bonds. The van der Waals surface area contributed by atoms with Crippen molar-refractivity contribution in [2.75, 3.05) is 5.32 Å². The molecule has 2 nitrogen and oxygen atoms in total. The Labute approximate surface area is 93.4 Å². The number of amides is 1. The van der Waals surface area contributed by atoms with E-state index in [-0.39, 0.29) is 5.69 Å². The van der Waals surface area contributed by atoms with E-state index in [4.69, 9.17) is 0 Å². The Morgan fingerprint density at radius 1 is 1.18 bits per heavy atom. The molecule has 0 fully saturated rings. The van der Waals surface area contributed by atoms with E-state index in [1.165, 1.54) is 6.07 Å². The Hall–Kier alpha value is -1.66. The molecule has 0 saturated carbocycles. The van der Waals surface area contributed by atoms with E-state index in [1.807, 2.05) is 0 Å². The number of alkyl halides is 5. The first-order valence-electron chi connectivity index (χ1n) is 4.47. The molecule has 0 bridgehead atoms. The Balaban J connectivity index is 3.11. The lowest BCUT2D eigenvalue weighted by Crippen LogP contribution is -2.33. The van der Waals surface area contributed by atoms with Crippen molar-refractivity contribution in [1.82, 2.24) is 0 Å². The summed E-state index contributed by atoms with van der Waals surface area (Å²) in [6.45, 7) is 1.12. The van der Waals surface area contributed by atoms with Gasteiger partial charge in [-0.25, -0.2) is 0 Å². The lowest BCUT2D eigenvalue weighted by atomic mass is 10.1. The summed E-state index contributed by atoms with van der Waals surface area (Å²) in [6.07, 6.45) is -5.66. The summed E-state index contributed by atoms with van der Waals surface area (Å²) in [6, 6.07) is 3.48. The van der Waals surface area contributed by atoms with Crippen LogP contribution in [0.4, 0.5) is 27.6 Å². The Kier molecular flexibility index (Phi) is 3.40. The average molecular weight is 253 g/mol. The number of benzene rings is 1. The summed E-state index contributed by atoms with van der Waals surface area (Å²) in [7, 11) is 0. The molecule has 0 aliphatic rings. The SMILES string of the molecule is CC(=O)Nc1cccc(C(F)(F)C(F)(F)F)c1. The number of carbonyl (C=O) groups is 1. The van der Waals surface area contributed by atoms with Gasteiger partial charge >= 0.3 is 12.1 Å². The van der Waals surface area contributed by atoms with Crippen LogP contribution >= 0.6 is 0 Å². The van der Waals surface area contributed by atoms with Gasteiger partial charge in [-0.15, -0.1) is 0 Å². The summed E-state index contributed by atoms with van der Waals surface area (Å²) >= 11 is 0. The lowest BCUT2D eigenvalue weighted by Gasteiger charge is -2.20. The van der Waals surface area contributed by atoms with Crippen LogP contribution in [0.3, 0.4) is 0 Å². The van der Waals surface area contributed by atoms with Crippen molar-refractivity contribution in [3.8, 4) is 0 Å². The van der Waals surface area contributed by atoms with Crippen LogP contribution < -0.4 is 5.32 Å². The molecule has 7 heteroatoms. The predicted molar refractivity (Wildman–Crippen MR) is 50.7 cm³/mol. The van der Waals surface area contributed by atoms with Gasteiger partial charge in [-0.05, 0) is 12.1 Å². The quantitative estimate of drug-likeness (QED) is 0.805. The van der Waals surface area contributed by atoms with Gasteiger partial charge in [-0.1, -0.05) is 12.1 Å². The maximum atomic E-state index is 12.9. The van der Waals surface area contributed by atoms with Crippen molar-refractivity contribution >= 4 is 11.6 Å². The molecule has 0 heterocycles. The van der Waals surface area contributed by atoms with E-state index in [2.05, 4.69) is 5.32 Å². The van der Waals surface area contributed by atoms with Gasteiger partial charge in [0.15, 0.2) is 0 Å². The van der Waals surface area contributed by atoms with Gasteiger partial charge in [-0.3, -0.25) is 4.79 Å². The number of halogens is 5. The van der Waals surface area contributed by atoms with Gasteiger partial charge in [0.25, 0.3) is 0 Å². The number of carbonyl (C=O) groups excluding carboxylic acids is 1. The molecule has 0 aliphatic heterocycles. The van der Waals surface area contributed by atoms with Crippen LogP contribution in [0, 0.1) is 0 Å². The van der Waals surface area contributed by atoms with E-state index in [9.17, 15) is 26.7 Å². The van der Waals surface area contributed by atoms with Crippen LogP contribution in [-0.2, 0) is 10.7 Å². The van der Waals surface area contributed by atoms with Gasteiger partial charge in [-0.2, -0.15) is 22.0 Å². The fraction of sp³-hybridized carbons (Fsp3) is 0.300. The second-order valence-corrected chi connectivity index (χ2v) is 3.33. The van der Waals surface area contributed by atoms with Crippen LogP contribution in [0.5, 0.6) is 0 Å². The molecule has 17 heavy (non-hydrogen) atoms. The number of nitrogens with one attached hydrogen (secondary N) is 1. The molecular formula is C10H8F5NO. The molecule has 0 unspecified atom stereocenters. The van der Waals surface area contributed by atoms with Crippen molar-refractivity contribution < 1.29 is 26.7 Å². The normalized spacial score (nSPS) is 12.4. The topological polar surface area (TPSA) is 29.1 Å². The molecule has 0 saturated heterocycles. The fourth-order valence-electron chi connectivity index (χ4n) is 1.16. The van der Waals surface area contributed by atoms with E-state index in [0.29, 0.717) is 12.1 Å². The van der Waals surface area contributed by atoms with Gasteiger partial charge in [0.2, 0.25) is 5.91 Å². The van der Waals surface area contributed by atoms with Gasteiger partial charge < -0.3 is 5.32 Å². The summed E-state index contributed by atoms with van der Waals surface area (Å²) in [5.74, 6) is -5.50. The van der Waals surface area contributed by atoms with Crippen molar-refractivity contribution in [2.45, 2.75) is 19.0 Å². The maximum Gasteiger partial charge on any atom is 0.458 e. The molecule has 0 radical (unpaired) electrons. The van der Waals surface area contributed by atoms with Crippen molar-refractivity contribution in [3.63, 3.8) is 0 Å². The van der Waals surface area contributed by atoms with Crippen molar-refractivity contribution in [3.05, 3.63) is 29.8 Å². The highest BCUT2D eigenvalue weighted by atomic mass is 19.4. The minimum Gasteiger partial charge on any atom is -0.326 e. The summed E-state index contributed by atoms with van der Waals surface area (Å²) in [5.41, 5.74) is -1.32. The second kappa shape index (κ2) is 4.31. The average Bonchev–Trinajstić information content (AvgIpc) is 2.15. The molecule has 1 aromatic carbocycles. The smallest absolute Gasteiger partial charge is 0.326 e. The van der Waals surface area contributed by atoms with Crippen LogP contribution in [-0.4, -0.2) is 12.1 Å². The third-order valence-electron chi connectivity index (χ3n) is 1.90. The van der Waals surface area contributed by atoms with Crippen LogP contribution in [0.2, 0.25) is 0 Å². The van der Waals surface area contributed by atoms with Crippen LogP contribution in [0.1, 0.15) is 12.5 Å². The maximum absolute atomic E-state index is 12.9. The van der Waals surface area contributed by atoms with E-state index in [1.54, 1.807) is 0 Å². The van der Waals surface area contributed by atoms with Gasteiger partial charge in [0.1, 0.15) is 0 Å². The fourth-order valence-corrected chi connectivity index (χ4v) is 1.16. The molecule has 0 spiro atoms. The molecule has 94 valence electrons. The van der Waals surface area contributed by atoms with Crippen molar-refractivity contribution in [1.29, 1.82) is 0 Å². The zero-order valence-electron chi connectivity index (χ0n) is 8.61. The molecule has 0 aliphatic carbocycles. The summed E-state index contributed by atoms with van der Waals surface area (Å²) in [5, 5.41) is 2.13. The first-order valence-corrected chi connectivity index (χ1v) is 4.47. The minimum absolute atomic E-state index is 0.112. The highest BCUT2D eigenvalue weighted by Gasteiger charge is 2.58.